The molecule has 2 aliphatic rings. The molecule has 1 saturated heterocycles. The molecule has 7 heteroatoms. The largest absolute Gasteiger partial charge is 0.466 e. The molecule has 0 bridgehead atoms. The van der Waals surface area contributed by atoms with E-state index in [4.69, 9.17) is 4.74 Å². The molecule has 2 heterocycles. The number of carbonyl (C=O) groups excluding carboxylic acids is 2. The molecule has 2 aliphatic heterocycles. The first-order valence-corrected chi connectivity index (χ1v) is 10.5. The number of nitrogens with one attached hydrogen (secondary N) is 2. The molecule has 1 atom stereocenters. The Morgan fingerprint density at radius 3 is 2.35 bits per heavy atom. The van der Waals surface area contributed by atoms with E-state index < -0.39 is 12.0 Å². The van der Waals surface area contributed by atoms with Gasteiger partial charge in [-0.05, 0) is 24.6 Å². The van der Waals surface area contributed by atoms with Crippen LogP contribution in [-0.2, 0) is 9.53 Å². The van der Waals surface area contributed by atoms with Crippen LogP contribution in [0.5, 0.6) is 0 Å². The Labute approximate surface area is 182 Å². The molecule has 1 fully saturated rings. The van der Waals surface area contributed by atoms with E-state index in [0.717, 1.165) is 31.7 Å². The van der Waals surface area contributed by atoms with E-state index >= 15 is 0 Å². The molecular formula is C24H28N4O3. The second kappa shape index (κ2) is 9.22. The number of aryl methyl sites for hydroxylation is 1. The number of anilines is 1. The number of esters is 1. The zero-order chi connectivity index (χ0) is 21.8. The summed E-state index contributed by atoms with van der Waals surface area (Å²) in [6.45, 7) is 6.03. The summed E-state index contributed by atoms with van der Waals surface area (Å²) in [5.41, 5.74) is 4.38. The lowest BCUT2D eigenvalue weighted by molar-refractivity contribution is -0.136. The van der Waals surface area contributed by atoms with Crippen molar-refractivity contribution in [2.45, 2.75) is 13.0 Å². The molecule has 2 amide bonds. The van der Waals surface area contributed by atoms with Crippen LogP contribution in [0.3, 0.4) is 0 Å². The lowest BCUT2D eigenvalue weighted by atomic mass is 9.95. The van der Waals surface area contributed by atoms with Crippen LogP contribution in [0, 0.1) is 6.92 Å². The zero-order valence-corrected chi connectivity index (χ0v) is 17.9. The first-order chi connectivity index (χ1) is 15.0. The number of hydrogen-bond acceptors (Lipinski definition) is 5. The van der Waals surface area contributed by atoms with Crippen molar-refractivity contribution in [2.75, 3.05) is 44.7 Å². The third kappa shape index (κ3) is 4.72. The number of benzene rings is 2. The Kier molecular flexibility index (Phi) is 6.23. The number of ether oxygens (including phenoxy) is 1. The highest BCUT2D eigenvalue weighted by molar-refractivity contribution is 5.95. The highest BCUT2D eigenvalue weighted by Gasteiger charge is 2.34. The van der Waals surface area contributed by atoms with Gasteiger partial charge in [-0.1, -0.05) is 48.0 Å². The molecule has 2 aromatic carbocycles. The number of amides is 2. The summed E-state index contributed by atoms with van der Waals surface area (Å²) in [6.07, 6.45) is 0. The van der Waals surface area contributed by atoms with Crippen LogP contribution in [0.1, 0.15) is 17.2 Å². The molecular weight excluding hydrogens is 392 g/mol. The summed E-state index contributed by atoms with van der Waals surface area (Å²) in [6, 6.07) is 17.2. The second-order valence-corrected chi connectivity index (χ2v) is 7.92. The maximum Gasteiger partial charge on any atom is 0.338 e. The van der Waals surface area contributed by atoms with E-state index in [1.807, 2.05) is 30.3 Å². The van der Waals surface area contributed by atoms with Crippen molar-refractivity contribution in [3.8, 4) is 0 Å². The standard InChI is InChI=1S/C24H28N4O3/c1-17-8-10-19(11-9-17)28-14-12-27(13-15-28)16-20-21(23(29)31-2)22(26-24(30)25-20)18-6-4-3-5-7-18/h3-11,22H,12-16H2,1-2H3,(H2,25,26,30)/t22-/m1/s1. The van der Waals surface area contributed by atoms with Gasteiger partial charge in [0.05, 0.1) is 18.7 Å². The Morgan fingerprint density at radius 1 is 1.03 bits per heavy atom. The summed E-state index contributed by atoms with van der Waals surface area (Å²) in [7, 11) is 1.37. The molecule has 31 heavy (non-hydrogen) atoms. The zero-order valence-electron chi connectivity index (χ0n) is 17.9. The van der Waals surface area contributed by atoms with Crippen molar-refractivity contribution in [1.29, 1.82) is 0 Å². The van der Waals surface area contributed by atoms with Gasteiger partial charge in [0.25, 0.3) is 0 Å². The van der Waals surface area contributed by atoms with Gasteiger partial charge < -0.3 is 20.3 Å². The average Bonchev–Trinajstić information content (AvgIpc) is 2.80. The number of carbonyl (C=O) groups is 2. The van der Waals surface area contributed by atoms with E-state index in [0.29, 0.717) is 17.8 Å². The molecule has 2 aromatic rings. The van der Waals surface area contributed by atoms with E-state index in [1.54, 1.807) is 0 Å². The highest BCUT2D eigenvalue weighted by Crippen LogP contribution is 2.28. The Hall–Kier alpha value is -3.32. The van der Waals surface area contributed by atoms with Crippen LogP contribution in [0.4, 0.5) is 10.5 Å². The normalized spacial score (nSPS) is 19.6. The van der Waals surface area contributed by atoms with Gasteiger partial charge in [-0.25, -0.2) is 9.59 Å². The van der Waals surface area contributed by atoms with Crippen LogP contribution in [0.2, 0.25) is 0 Å². The third-order valence-corrected chi connectivity index (χ3v) is 5.84. The van der Waals surface area contributed by atoms with Crippen LogP contribution < -0.4 is 15.5 Å². The molecule has 162 valence electrons. The first-order valence-electron chi connectivity index (χ1n) is 10.5. The molecule has 0 saturated carbocycles. The first kappa shape index (κ1) is 20.9. The fourth-order valence-corrected chi connectivity index (χ4v) is 4.13. The quantitative estimate of drug-likeness (QED) is 0.728. The van der Waals surface area contributed by atoms with E-state index in [1.165, 1.54) is 18.4 Å². The second-order valence-electron chi connectivity index (χ2n) is 7.92. The third-order valence-electron chi connectivity index (χ3n) is 5.84. The molecule has 0 aliphatic carbocycles. The summed E-state index contributed by atoms with van der Waals surface area (Å²) >= 11 is 0. The summed E-state index contributed by atoms with van der Waals surface area (Å²) in [5.74, 6) is -0.436. The fraction of sp³-hybridized carbons (Fsp3) is 0.333. The number of urea groups is 1. The lowest BCUT2D eigenvalue weighted by Gasteiger charge is -2.38. The van der Waals surface area contributed by atoms with Crippen molar-refractivity contribution in [3.63, 3.8) is 0 Å². The van der Waals surface area contributed by atoms with Gasteiger partial charge in [0.1, 0.15) is 0 Å². The van der Waals surface area contributed by atoms with Gasteiger partial charge in [-0.3, -0.25) is 4.90 Å². The van der Waals surface area contributed by atoms with Gasteiger partial charge in [-0.2, -0.15) is 0 Å². The van der Waals surface area contributed by atoms with E-state index in [-0.39, 0.29) is 6.03 Å². The van der Waals surface area contributed by atoms with Crippen LogP contribution in [-0.4, -0.2) is 56.7 Å². The van der Waals surface area contributed by atoms with Crippen molar-refractivity contribution in [3.05, 3.63) is 77.0 Å². The maximum atomic E-state index is 12.7. The van der Waals surface area contributed by atoms with Crippen molar-refractivity contribution < 1.29 is 14.3 Å². The number of methoxy groups -OCH3 is 1. The SMILES string of the molecule is COC(=O)C1=C(CN2CCN(c3ccc(C)cc3)CC2)NC(=O)N[C@@H]1c1ccccc1. The molecule has 0 aromatic heterocycles. The maximum absolute atomic E-state index is 12.7. The van der Waals surface area contributed by atoms with Gasteiger partial charge in [-0.15, -0.1) is 0 Å². The topological polar surface area (TPSA) is 73.9 Å². The minimum atomic E-state index is -0.536. The van der Waals surface area contributed by atoms with Gasteiger partial charge in [0, 0.05) is 44.1 Å². The number of hydrogen-bond donors (Lipinski definition) is 2. The molecule has 2 N–H and O–H groups in total. The predicted molar refractivity (Wildman–Crippen MR) is 120 cm³/mol. The lowest BCUT2D eigenvalue weighted by Crippen LogP contribution is -2.51. The Bertz CT molecular complexity index is 964. The highest BCUT2D eigenvalue weighted by atomic mass is 16.5. The molecule has 0 unspecified atom stereocenters. The number of piperazine rings is 1. The van der Waals surface area contributed by atoms with Crippen LogP contribution in [0.15, 0.2) is 65.9 Å². The van der Waals surface area contributed by atoms with E-state index in [2.05, 4.69) is 51.6 Å². The molecule has 0 radical (unpaired) electrons. The predicted octanol–water partition coefficient (Wildman–Crippen LogP) is 2.60. The molecule has 0 spiro atoms. The van der Waals surface area contributed by atoms with Crippen molar-refractivity contribution in [2.24, 2.45) is 0 Å². The Morgan fingerprint density at radius 2 is 1.71 bits per heavy atom. The number of rotatable bonds is 5. The minimum absolute atomic E-state index is 0.310. The van der Waals surface area contributed by atoms with Gasteiger partial charge >= 0.3 is 12.0 Å². The van der Waals surface area contributed by atoms with Crippen LogP contribution >= 0.6 is 0 Å². The van der Waals surface area contributed by atoms with Crippen molar-refractivity contribution in [1.82, 2.24) is 15.5 Å². The fourth-order valence-electron chi connectivity index (χ4n) is 4.13. The Balaban J connectivity index is 1.52. The summed E-state index contributed by atoms with van der Waals surface area (Å²) in [4.78, 5) is 29.7. The summed E-state index contributed by atoms with van der Waals surface area (Å²) in [5, 5.41) is 5.71. The van der Waals surface area contributed by atoms with E-state index in [9.17, 15) is 9.59 Å². The minimum Gasteiger partial charge on any atom is -0.466 e. The van der Waals surface area contributed by atoms with Gasteiger partial charge in [0.15, 0.2) is 0 Å². The number of nitrogens with zero attached hydrogens (tertiary/aromatic N) is 2. The average molecular weight is 421 g/mol. The smallest absolute Gasteiger partial charge is 0.338 e. The van der Waals surface area contributed by atoms with Crippen LogP contribution in [0.25, 0.3) is 0 Å². The molecule has 4 rings (SSSR count). The van der Waals surface area contributed by atoms with Crippen molar-refractivity contribution >= 4 is 17.7 Å². The summed E-state index contributed by atoms with van der Waals surface area (Å²) < 4.78 is 5.07. The molecule has 7 nitrogen and oxygen atoms in total. The van der Waals surface area contributed by atoms with Gasteiger partial charge in [0.2, 0.25) is 0 Å². The monoisotopic (exact) mass is 420 g/mol.